The lowest BCUT2D eigenvalue weighted by Gasteiger charge is -2.38. The summed E-state index contributed by atoms with van der Waals surface area (Å²) >= 11 is 0. The molecule has 2 saturated heterocycles. The number of hydrogen-bond donors (Lipinski definition) is 1. The predicted molar refractivity (Wildman–Crippen MR) is 109 cm³/mol. The Morgan fingerprint density at radius 3 is 2.48 bits per heavy atom. The van der Waals surface area contributed by atoms with E-state index in [1.807, 2.05) is 7.05 Å². The number of guanidine groups is 1. The molecule has 0 radical (unpaired) electrons. The van der Waals surface area contributed by atoms with Crippen LogP contribution in [0.1, 0.15) is 51.9 Å². The molecule has 0 aromatic heterocycles. The molecular weight excluding hydrogens is 399 g/mol. The predicted octanol–water partition coefficient (Wildman–Crippen LogP) is 3.18. The molecule has 134 valence electrons. The zero-order chi connectivity index (χ0) is 15.4. The third kappa shape index (κ3) is 4.97. The molecule has 3 fully saturated rings. The van der Waals surface area contributed by atoms with Crippen molar-refractivity contribution in [2.45, 2.75) is 51.9 Å². The highest BCUT2D eigenvalue weighted by molar-refractivity contribution is 14.0. The second kappa shape index (κ2) is 8.88. The molecule has 2 heterocycles. The summed E-state index contributed by atoms with van der Waals surface area (Å²) in [5.41, 5.74) is 0.655. The van der Waals surface area contributed by atoms with Gasteiger partial charge in [-0.1, -0.05) is 13.3 Å². The van der Waals surface area contributed by atoms with E-state index in [1.165, 1.54) is 77.7 Å². The van der Waals surface area contributed by atoms with E-state index in [0.717, 1.165) is 18.4 Å². The number of aliphatic imine (C=N–C) groups is 1. The minimum absolute atomic E-state index is 0. The maximum Gasteiger partial charge on any atom is 0.193 e. The normalized spacial score (nSPS) is 25.3. The first kappa shape index (κ1) is 19.3. The van der Waals surface area contributed by atoms with Crippen molar-refractivity contribution in [2.75, 3.05) is 46.3 Å². The SMILES string of the molecule is CN=C(NCCCN1CCC(C)CC1)N1CCC2(CCC2)C1.I. The average molecular weight is 434 g/mol. The van der Waals surface area contributed by atoms with Crippen molar-refractivity contribution < 1.29 is 0 Å². The second-order valence-electron chi connectivity index (χ2n) is 7.88. The van der Waals surface area contributed by atoms with Crippen LogP contribution in [-0.2, 0) is 0 Å². The van der Waals surface area contributed by atoms with E-state index in [4.69, 9.17) is 0 Å². The van der Waals surface area contributed by atoms with E-state index in [1.54, 1.807) is 0 Å². The van der Waals surface area contributed by atoms with E-state index in [-0.39, 0.29) is 24.0 Å². The van der Waals surface area contributed by atoms with Crippen molar-refractivity contribution in [3.63, 3.8) is 0 Å². The quantitative estimate of drug-likeness (QED) is 0.319. The minimum Gasteiger partial charge on any atom is -0.356 e. The fraction of sp³-hybridized carbons (Fsp3) is 0.944. The monoisotopic (exact) mass is 434 g/mol. The summed E-state index contributed by atoms with van der Waals surface area (Å²) < 4.78 is 0. The van der Waals surface area contributed by atoms with Crippen molar-refractivity contribution in [3.8, 4) is 0 Å². The average Bonchev–Trinajstić information content (AvgIpc) is 2.95. The molecule has 1 N–H and O–H groups in total. The number of likely N-dealkylation sites (tertiary alicyclic amines) is 2. The van der Waals surface area contributed by atoms with Crippen LogP contribution in [0.25, 0.3) is 0 Å². The van der Waals surface area contributed by atoms with E-state index in [9.17, 15) is 0 Å². The number of piperidine rings is 1. The molecule has 0 aromatic carbocycles. The molecule has 0 unspecified atom stereocenters. The van der Waals surface area contributed by atoms with Crippen LogP contribution in [-0.4, -0.2) is 62.1 Å². The maximum absolute atomic E-state index is 4.51. The van der Waals surface area contributed by atoms with Gasteiger partial charge in [0.05, 0.1) is 0 Å². The van der Waals surface area contributed by atoms with Crippen LogP contribution >= 0.6 is 24.0 Å². The Hall–Kier alpha value is -0.0400. The van der Waals surface area contributed by atoms with Crippen LogP contribution in [0.5, 0.6) is 0 Å². The van der Waals surface area contributed by atoms with Crippen molar-refractivity contribution in [1.82, 2.24) is 15.1 Å². The molecule has 3 aliphatic rings. The van der Waals surface area contributed by atoms with Crippen LogP contribution in [0.2, 0.25) is 0 Å². The Kier molecular flexibility index (Phi) is 7.45. The van der Waals surface area contributed by atoms with Crippen molar-refractivity contribution >= 4 is 29.9 Å². The molecule has 4 nitrogen and oxygen atoms in total. The lowest BCUT2D eigenvalue weighted by Crippen LogP contribution is -2.43. The minimum atomic E-state index is 0. The molecule has 0 atom stereocenters. The summed E-state index contributed by atoms with van der Waals surface area (Å²) in [4.78, 5) is 9.62. The molecule has 5 heteroatoms. The summed E-state index contributed by atoms with van der Waals surface area (Å²) in [7, 11) is 1.93. The van der Waals surface area contributed by atoms with Crippen molar-refractivity contribution in [2.24, 2.45) is 16.3 Å². The summed E-state index contributed by atoms with van der Waals surface area (Å²) in [6.07, 6.45) is 9.68. The first-order valence-corrected chi connectivity index (χ1v) is 9.39. The Balaban J connectivity index is 0.00000192. The number of halogens is 1. The zero-order valence-electron chi connectivity index (χ0n) is 15.0. The van der Waals surface area contributed by atoms with Crippen molar-refractivity contribution in [1.29, 1.82) is 0 Å². The first-order chi connectivity index (χ1) is 10.7. The third-order valence-corrected chi connectivity index (χ3v) is 6.17. The molecule has 1 spiro atoms. The molecule has 0 amide bonds. The molecule has 0 bridgehead atoms. The topological polar surface area (TPSA) is 30.9 Å². The zero-order valence-corrected chi connectivity index (χ0v) is 17.3. The van der Waals surface area contributed by atoms with Gasteiger partial charge < -0.3 is 15.1 Å². The van der Waals surface area contributed by atoms with Gasteiger partial charge in [-0.2, -0.15) is 0 Å². The Morgan fingerprint density at radius 1 is 1.17 bits per heavy atom. The first-order valence-electron chi connectivity index (χ1n) is 9.39. The number of rotatable bonds is 4. The molecular formula is C18H35IN4. The lowest BCUT2D eigenvalue weighted by molar-refractivity contribution is 0.151. The maximum atomic E-state index is 4.51. The molecule has 2 aliphatic heterocycles. The highest BCUT2D eigenvalue weighted by Gasteiger charge is 2.43. The van der Waals surface area contributed by atoms with Gasteiger partial charge >= 0.3 is 0 Å². The summed E-state index contributed by atoms with van der Waals surface area (Å²) in [6, 6.07) is 0. The van der Waals surface area contributed by atoms with Crippen LogP contribution in [0, 0.1) is 11.3 Å². The van der Waals surface area contributed by atoms with Gasteiger partial charge in [0.25, 0.3) is 0 Å². The number of hydrogen-bond acceptors (Lipinski definition) is 2. The van der Waals surface area contributed by atoms with E-state index in [2.05, 4.69) is 27.0 Å². The Labute approximate surface area is 159 Å². The summed E-state index contributed by atoms with van der Waals surface area (Å²) in [6.45, 7) is 9.70. The van der Waals surface area contributed by atoms with Gasteiger partial charge in [-0.3, -0.25) is 4.99 Å². The molecule has 23 heavy (non-hydrogen) atoms. The largest absolute Gasteiger partial charge is 0.356 e. The van der Waals surface area contributed by atoms with E-state index < -0.39 is 0 Å². The van der Waals surface area contributed by atoms with Crippen LogP contribution < -0.4 is 5.32 Å². The standard InChI is InChI=1S/C18H34N4.HI/c1-16-5-12-21(13-6-16)11-4-10-20-17(19-2)22-14-9-18(15-22)7-3-8-18;/h16H,3-15H2,1-2H3,(H,19,20);1H. The fourth-order valence-corrected chi connectivity index (χ4v) is 4.32. The van der Waals surface area contributed by atoms with Gasteiger partial charge in [-0.05, 0) is 69.5 Å². The van der Waals surface area contributed by atoms with Gasteiger partial charge in [0, 0.05) is 26.7 Å². The van der Waals surface area contributed by atoms with Gasteiger partial charge in [-0.25, -0.2) is 0 Å². The molecule has 0 aromatic rings. The lowest BCUT2D eigenvalue weighted by atomic mass is 9.68. The summed E-state index contributed by atoms with van der Waals surface area (Å²) in [5.74, 6) is 2.07. The van der Waals surface area contributed by atoms with Gasteiger partial charge in [0.15, 0.2) is 5.96 Å². The van der Waals surface area contributed by atoms with Crippen LogP contribution in [0.15, 0.2) is 4.99 Å². The smallest absolute Gasteiger partial charge is 0.193 e. The van der Waals surface area contributed by atoms with E-state index in [0.29, 0.717) is 5.41 Å². The number of nitrogens with one attached hydrogen (secondary N) is 1. The Bertz CT molecular complexity index is 386. The molecule has 1 aliphatic carbocycles. The molecule has 3 rings (SSSR count). The second-order valence-corrected chi connectivity index (χ2v) is 7.88. The highest BCUT2D eigenvalue weighted by Crippen LogP contribution is 2.47. The van der Waals surface area contributed by atoms with Crippen LogP contribution in [0.3, 0.4) is 0 Å². The fourth-order valence-electron chi connectivity index (χ4n) is 4.32. The molecule has 1 saturated carbocycles. The van der Waals surface area contributed by atoms with Crippen molar-refractivity contribution in [3.05, 3.63) is 0 Å². The van der Waals surface area contributed by atoms with Crippen LogP contribution in [0.4, 0.5) is 0 Å². The summed E-state index contributed by atoms with van der Waals surface area (Å²) in [5, 5.41) is 3.59. The van der Waals surface area contributed by atoms with Gasteiger partial charge in [0.2, 0.25) is 0 Å². The highest BCUT2D eigenvalue weighted by atomic mass is 127. The Morgan fingerprint density at radius 2 is 1.91 bits per heavy atom. The third-order valence-electron chi connectivity index (χ3n) is 6.17. The van der Waals surface area contributed by atoms with Gasteiger partial charge in [0.1, 0.15) is 0 Å². The van der Waals surface area contributed by atoms with Gasteiger partial charge in [-0.15, -0.1) is 24.0 Å². The number of nitrogens with zero attached hydrogens (tertiary/aromatic N) is 3. The van der Waals surface area contributed by atoms with E-state index >= 15 is 0 Å².